The van der Waals surface area contributed by atoms with E-state index in [9.17, 15) is 5.11 Å². The lowest BCUT2D eigenvalue weighted by atomic mass is 10.2. The molecule has 0 fully saturated rings. The van der Waals surface area contributed by atoms with E-state index in [2.05, 4.69) is 53.1 Å². The van der Waals surface area contributed by atoms with Crippen LogP contribution in [-0.2, 0) is 6.54 Å². The minimum Gasteiger partial charge on any atom is -0.508 e. The van der Waals surface area contributed by atoms with Gasteiger partial charge in [-0.1, -0.05) is 28.1 Å². The average molecular weight is 436 g/mol. The molecule has 0 aliphatic rings. The van der Waals surface area contributed by atoms with Crippen LogP contribution >= 0.6 is 47.8 Å². The third-order valence-electron chi connectivity index (χ3n) is 2.39. The maximum atomic E-state index is 9.40. The van der Waals surface area contributed by atoms with Gasteiger partial charge < -0.3 is 10.4 Å². The maximum absolute atomic E-state index is 9.40. The van der Waals surface area contributed by atoms with Crippen LogP contribution in [0, 0.1) is 0 Å². The molecule has 0 atom stereocenters. The molecule has 94 valence electrons. The Balaban J connectivity index is 2.16. The van der Waals surface area contributed by atoms with E-state index in [1.807, 2.05) is 24.3 Å². The van der Waals surface area contributed by atoms with Gasteiger partial charge in [-0.3, -0.25) is 0 Å². The summed E-state index contributed by atoms with van der Waals surface area (Å²) in [5.74, 6) is 0.281. The van der Waals surface area contributed by atoms with Crippen LogP contribution in [0.25, 0.3) is 0 Å². The van der Waals surface area contributed by atoms with Gasteiger partial charge in [0.1, 0.15) is 5.75 Å². The molecule has 2 aromatic rings. The summed E-state index contributed by atoms with van der Waals surface area (Å²) in [4.78, 5) is 0. The van der Waals surface area contributed by atoms with E-state index in [1.165, 1.54) is 0 Å². The summed E-state index contributed by atoms with van der Waals surface area (Å²) in [5.41, 5.74) is 2.01. The Morgan fingerprint density at radius 2 is 1.67 bits per heavy atom. The Bertz CT molecular complexity index is 549. The van der Waals surface area contributed by atoms with Crippen molar-refractivity contribution in [3.63, 3.8) is 0 Å². The van der Waals surface area contributed by atoms with E-state index in [4.69, 9.17) is 0 Å². The predicted molar refractivity (Wildman–Crippen MR) is 85.0 cm³/mol. The summed E-state index contributed by atoms with van der Waals surface area (Å²) in [7, 11) is 0. The van der Waals surface area contributed by atoms with E-state index in [-0.39, 0.29) is 5.75 Å². The second-order valence-corrected chi connectivity index (χ2v) is 6.39. The standard InChI is InChI=1S/C13H10Br3NO/c14-9-5-11(15)13(12(16)6-9)17-7-8-2-1-3-10(18)4-8/h1-6,17-18H,7H2. The van der Waals surface area contributed by atoms with Crippen molar-refractivity contribution in [3.8, 4) is 5.75 Å². The number of rotatable bonds is 3. The fraction of sp³-hybridized carbons (Fsp3) is 0.0769. The molecule has 0 aromatic heterocycles. The summed E-state index contributed by atoms with van der Waals surface area (Å²) < 4.78 is 2.96. The number of benzene rings is 2. The van der Waals surface area contributed by atoms with Gasteiger partial charge in [0.2, 0.25) is 0 Å². The van der Waals surface area contributed by atoms with Crippen LogP contribution in [0.2, 0.25) is 0 Å². The van der Waals surface area contributed by atoms with E-state index in [0.717, 1.165) is 24.7 Å². The zero-order valence-corrected chi connectivity index (χ0v) is 14.0. The summed E-state index contributed by atoms with van der Waals surface area (Å²) >= 11 is 10.5. The predicted octanol–water partition coefficient (Wildman–Crippen LogP) is 5.29. The molecule has 0 aliphatic heterocycles. The molecule has 2 N–H and O–H groups in total. The third kappa shape index (κ3) is 3.49. The Morgan fingerprint density at radius 1 is 1.00 bits per heavy atom. The van der Waals surface area contributed by atoms with Gasteiger partial charge in [0, 0.05) is 20.0 Å². The van der Waals surface area contributed by atoms with Gasteiger partial charge in [-0.2, -0.15) is 0 Å². The van der Waals surface area contributed by atoms with Crippen LogP contribution in [0.3, 0.4) is 0 Å². The lowest BCUT2D eigenvalue weighted by Crippen LogP contribution is -2.00. The molecule has 2 nitrogen and oxygen atoms in total. The van der Waals surface area contributed by atoms with Gasteiger partial charge in [0.05, 0.1) is 5.69 Å². The monoisotopic (exact) mass is 433 g/mol. The van der Waals surface area contributed by atoms with Crippen molar-refractivity contribution < 1.29 is 5.11 Å². The van der Waals surface area contributed by atoms with Gasteiger partial charge >= 0.3 is 0 Å². The lowest BCUT2D eigenvalue weighted by Gasteiger charge is -2.11. The molecule has 0 heterocycles. The smallest absolute Gasteiger partial charge is 0.115 e. The number of hydrogen-bond acceptors (Lipinski definition) is 2. The Kier molecular flexibility index (Phi) is 4.70. The van der Waals surface area contributed by atoms with Crippen LogP contribution in [0.1, 0.15) is 5.56 Å². The highest BCUT2D eigenvalue weighted by Gasteiger charge is 2.06. The minimum atomic E-state index is 0.281. The molecule has 5 heteroatoms. The largest absolute Gasteiger partial charge is 0.508 e. The quantitative estimate of drug-likeness (QED) is 0.686. The van der Waals surface area contributed by atoms with Crippen molar-refractivity contribution in [2.24, 2.45) is 0 Å². The lowest BCUT2D eigenvalue weighted by molar-refractivity contribution is 0.474. The first-order valence-electron chi connectivity index (χ1n) is 5.22. The van der Waals surface area contributed by atoms with Crippen molar-refractivity contribution in [1.82, 2.24) is 0 Å². The fourth-order valence-electron chi connectivity index (χ4n) is 1.57. The van der Waals surface area contributed by atoms with E-state index >= 15 is 0 Å². The van der Waals surface area contributed by atoms with E-state index < -0.39 is 0 Å². The summed E-state index contributed by atoms with van der Waals surface area (Å²) in [6.07, 6.45) is 0. The topological polar surface area (TPSA) is 32.3 Å². The molecule has 2 aromatic carbocycles. The molecule has 0 saturated heterocycles. The summed E-state index contributed by atoms with van der Waals surface area (Å²) in [6, 6.07) is 11.2. The van der Waals surface area contributed by atoms with Gasteiger partial charge in [0.15, 0.2) is 0 Å². The van der Waals surface area contributed by atoms with Crippen molar-refractivity contribution in [1.29, 1.82) is 0 Å². The third-order valence-corrected chi connectivity index (χ3v) is 4.10. The van der Waals surface area contributed by atoms with Gasteiger partial charge in [-0.05, 0) is 61.7 Å². The zero-order chi connectivity index (χ0) is 13.1. The van der Waals surface area contributed by atoms with Crippen LogP contribution in [0.4, 0.5) is 5.69 Å². The molecule has 2 rings (SSSR count). The second kappa shape index (κ2) is 6.08. The first-order chi connectivity index (χ1) is 8.56. The number of aromatic hydroxyl groups is 1. The van der Waals surface area contributed by atoms with E-state index in [1.54, 1.807) is 12.1 Å². The zero-order valence-electron chi connectivity index (χ0n) is 9.25. The van der Waals surface area contributed by atoms with Crippen LogP contribution in [-0.4, -0.2) is 5.11 Å². The van der Waals surface area contributed by atoms with Crippen LogP contribution in [0.15, 0.2) is 49.8 Å². The molecule has 0 aliphatic carbocycles. The van der Waals surface area contributed by atoms with Crippen molar-refractivity contribution in [2.45, 2.75) is 6.54 Å². The second-order valence-electron chi connectivity index (χ2n) is 3.77. The van der Waals surface area contributed by atoms with E-state index in [0.29, 0.717) is 6.54 Å². The molecular formula is C13H10Br3NO. The highest BCUT2D eigenvalue weighted by Crippen LogP contribution is 2.34. The van der Waals surface area contributed by atoms with Crippen molar-refractivity contribution in [2.75, 3.05) is 5.32 Å². The maximum Gasteiger partial charge on any atom is 0.115 e. The van der Waals surface area contributed by atoms with Gasteiger partial charge in [-0.25, -0.2) is 0 Å². The Morgan fingerprint density at radius 3 is 2.28 bits per heavy atom. The molecule has 0 amide bonds. The highest BCUT2D eigenvalue weighted by molar-refractivity contribution is 9.11. The number of nitrogens with one attached hydrogen (secondary N) is 1. The fourth-order valence-corrected chi connectivity index (χ4v) is 4.11. The highest BCUT2D eigenvalue weighted by atomic mass is 79.9. The summed E-state index contributed by atoms with van der Waals surface area (Å²) in [5, 5.41) is 12.7. The minimum absolute atomic E-state index is 0.281. The Labute approximate surface area is 131 Å². The van der Waals surface area contributed by atoms with Gasteiger partial charge in [0.25, 0.3) is 0 Å². The molecule has 18 heavy (non-hydrogen) atoms. The number of halogens is 3. The van der Waals surface area contributed by atoms with Gasteiger partial charge in [-0.15, -0.1) is 0 Å². The number of anilines is 1. The Hall–Kier alpha value is -0.520. The summed E-state index contributed by atoms with van der Waals surface area (Å²) in [6.45, 7) is 0.646. The molecule has 0 spiro atoms. The number of phenolic OH excluding ortho intramolecular Hbond substituents is 1. The van der Waals surface area contributed by atoms with Crippen molar-refractivity contribution in [3.05, 3.63) is 55.4 Å². The first-order valence-corrected chi connectivity index (χ1v) is 7.60. The molecular weight excluding hydrogens is 426 g/mol. The van der Waals surface area contributed by atoms with Crippen LogP contribution < -0.4 is 5.32 Å². The van der Waals surface area contributed by atoms with Crippen LogP contribution in [0.5, 0.6) is 5.75 Å². The molecule has 0 bridgehead atoms. The number of hydrogen-bond donors (Lipinski definition) is 2. The molecule has 0 radical (unpaired) electrons. The SMILES string of the molecule is Oc1cccc(CNc2c(Br)cc(Br)cc2Br)c1. The van der Waals surface area contributed by atoms with Crippen molar-refractivity contribution >= 4 is 53.5 Å². The normalized spacial score (nSPS) is 10.4. The first kappa shape index (κ1) is 13.9. The number of phenols is 1. The average Bonchev–Trinajstić information content (AvgIpc) is 2.27. The molecule has 0 unspecified atom stereocenters. The molecule has 0 saturated carbocycles.